The second kappa shape index (κ2) is 5.29. The Hall–Kier alpha value is -2.07. The quantitative estimate of drug-likeness (QED) is 0.924. The van der Waals surface area contributed by atoms with Crippen molar-refractivity contribution in [2.45, 2.75) is 18.9 Å². The van der Waals surface area contributed by atoms with Crippen LogP contribution in [0.4, 0.5) is 0 Å². The molecule has 1 saturated heterocycles. The van der Waals surface area contributed by atoms with E-state index in [4.69, 9.17) is 4.74 Å². The number of ether oxygens (including phenoxy) is 1. The van der Waals surface area contributed by atoms with Crippen molar-refractivity contribution < 1.29 is 4.74 Å². The number of nitrogens with one attached hydrogen (secondary N) is 1. The summed E-state index contributed by atoms with van der Waals surface area (Å²) in [5.74, 6) is 1.86. The van der Waals surface area contributed by atoms with Gasteiger partial charge in [0, 0.05) is 30.3 Å². The average molecular weight is 296 g/mol. The number of nitrogens with zero attached hydrogens (tertiary/aromatic N) is 1. The minimum Gasteiger partial charge on any atom is -0.497 e. The van der Waals surface area contributed by atoms with Crippen molar-refractivity contribution in [3.8, 4) is 16.9 Å². The van der Waals surface area contributed by atoms with E-state index in [1.807, 2.05) is 34.9 Å². The molecule has 2 aliphatic rings. The third kappa shape index (κ3) is 2.15. The van der Waals surface area contributed by atoms with Gasteiger partial charge in [-0.2, -0.15) is 0 Å². The number of fused-ring (bicyclic) bond motifs is 4. The Kier molecular flexibility index (Phi) is 3.26. The van der Waals surface area contributed by atoms with Crippen LogP contribution in [0.15, 0.2) is 41.2 Å². The highest BCUT2D eigenvalue weighted by Gasteiger charge is 2.31. The molecule has 0 aliphatic carbocycles. The molecule has 1 aromatic carbocycles. The van der Waals surface area contributed by atoms with E-state index in [1.165, 1.54) is 12.1 Å². The molecule has 2 atom stereocenters. The molecule has 22 heavy (non-hydrogen) atoms. The van der Waals surface area contributed by atoms with Crippen LogP contribution in [0, 0.1) is 5.92 Å². The van der Waals surface area contributed by atoms with E-state index in [-0.39, 0.29) is 5.56 Å². The summed E-state index contributed by atoms with van der Waals surface area (Å²) in [5.41, 5.74) is 3.05. The van der Waals surface area contributed by atoms with Gasteiger partial charge < -0.3 is 14.6 Å². The summed E-state index contributed by atoms with van der Waals surface area (Å²) in [6.07, 6.45) is 1.20. The summed E-state index contributed by atoms with van der Waals surface area (Å²) in [5, 5.41) is 3.48. The number of benzene rings is 1. The molecule has 3 heterocycles. The molecule has 4 rings (SSSR count). The van der Waals surface area contributed by atoms with Crippen LogP contribution in [0.2, 0.25) is 0 Å². The van der Waals surface area contributed by atoms with Gasteiger partial charge in [0.2, 0.25) is 0 Å². The molecule has 114 valence electrons. The number of hydrogen-bond donors (Lipinski definition) is 1. The molecule has 1 fully saturated rings. The zero-order valence-corrected chi connectivity index (χ0v) is 12.7. The van der Waals surface area contributed by atoms with Gasteiger partial charge in [0.05, 0.1) is 7.11 Å². The van der Waals surface area contributed by atoms with Gasteiger partial charge in [-0.15, -0.1) is 0 Å². The standard InChI is InChI=1S/C18H20N2O2/c1-22-15-4-2-13(3-5-15)16-6-7-17-14-8-12(9-19-10-14)11-20(17)18(16)21/h2-7,12,14,19H,8-11H2,1H3/t12-,14-/m1/s1. The Morgan fingerprint density at radius 1 is 1.14 bits per heavy atom. The number of piperidine rings is 1. The molecule has 2 aliphatic heterocycles. The Balaban J connectivity index is 1.79. The van der Waals surface area contributed by atoms with Crippen LogP contribution in [0.25, 0.3) is 11.1 Å². The van der Waals surface area contributed by atoms with E-state index in [1.54, 1.807) is 7.11 Å². The molecule has 2 bridgehead atoms. The first kappa shape index (κ1) is 13.6. The fourth-order valence-corrected chi connectivity index (χ4v) is 3.78. The zero-order valence-electron chi connectivity index (χ0n) is 12.7. The monoisotopic (exact) mass is 296 g/mol. The van der Waals surface area contributed by atoms with E-state index >= 15 is 0 Å². The minimum atomic E-state index is 0.138. The topological polar surface area (TPSA) is 43.3 Å². The molecule has 2 aromatic rings. The van der Waals surface area contributed by atoms with Crippen molar-refractivity contribution in [2.75, 3.05) is 20.2 Å². The molecule has 0 unspecified atom stereocenters. The summed E-state index contributed by atoms with van der Waals surface area (Å²) >= 11 is 0. The lowest BCUT2D eigenvalue weighted by Crippen LogP contribution is -2.45. The highest BCUT2D eigenvalue weighted by atomic mass is 16.5. The molecular formula is C18H20N2O2. The van der Waals surface area contributed by atoms with Crippen LogP contribution in [0.3, 0.4) is 0 Å². The van der Waals surface area contributed by atoms with E-state index in [0.29, 0.717) is 11.8 Å². The Bertz CT molecular complexity index is 749. The summed E-state index contributed by atoms with van der Waals surface area (Å²) < 4.78 is 7.19. The van der Waals surface area contributed by atoms with Gasteiger partial charge in [0.25, 0.3) is 5.56 Å². The van der Waals surface area contributed by atoms with Crippen LogP contribution in [0.5, 0.6) is 5.75 Å². The highest BCUT2D eigenvalue weighted by molar-refractivity contribution is 5.63. The predicted octanol–water partition coefficient (Wildman–Crippen LogP) is 2.23. The smallest absolute Gasteiger partial charge is 0.258 e. The lowest BCUT2D eigenvalue weighted by atomic mass is 9.84. The van der Waals surface area contributed by atoms with E-state index in [9.17, 15) is 4.79 Å². The molecule has 0 amide bonds. The van der Waals surface area contributed by atoms with Crippen LogP contribution >= 0.6 is 0 Å². The van der Waals surface area contributed by atoms with Gasteiger partial charge in [-0.3, -0.25) is 4.79 Å². The van der Waals surface area contributed by atoms with Crippen molar-refractivity contribution >= 4 is 0 Å². The highest BCUT2D eigenvalue weighted by Crippen LogP contribution is 2.32. The number of hydrogen-bond acceptors (Lipinski definition) is 3. The largest absolute Gasteiger partial charge is 0.497 e. The lowest BCUT2D eigenvalue weighted by molar-refractivity contribution is 0.257. The molecule has 1 aromatic heterocycles. The van der Waals surface area contributed by atoms with Crippen molar-refractivity contribution in [3.05, 3.63) is 52.4 Å². The second-order valence-corrected chi connectivity index (χ2v) is 6.27. The van der Waals surface area contributed by atoms with E-state index in [0.717, 1.165) is 36.5 Å². The van der Waals surface area contributed by atoms with Crippen LogP contribution in [-0.4, -0.2) is 24.8 Å². The molecule has 4 heteroatoms. The first-order valence-electron chi connectivity index (χ1n) is 7.85. The maximum Gasteiger partial charge on any atom is 0.258 e. The molecule has 1 N–H and O–H groups in total. The Morgan fingerprint density at radius 3 is 2.73 bits per heavy atom. The third-order valence-electron chi connectivity index (χ3n) is 4.91. The first-order chi connectivity index (χ1) is 10.8. The molecule has 4 nitrogen and oxygen atoms in total. The normalized spacial score (nSPS) is 23.0. The van der Waals surface area contributed by atoms with Gasteiger partial charge in [0.1, 0.15) is 5.75 Å². The van der Waals surface area contributed by atoms with Crippen LogP contribution < -0.4 is 15.6 Å². The summed E-state index contributed by atoms with van der Waals surface area (Å²) in [6.45, 7) is 2.84. The van der Waals surface area contributed by atoms with Crippen LogP contribution in [-0.2, 0) is 6.54 Å². The molecule has 0 saturated carbocycles. The fourth-order valence-electron chi connectivity index (χ4n) is 3.78. The van der Waals surface area contributed by atoms with Gasteiger partial charge in [0.15, 0.2) is 0 Å². The first-order valence-corrected chi connectivity index (χ1v) is 7.85. The maximum atomic E-state index is 12.9. The third-order valence-corrected chi connectivity index (χ3v) is 4.91. The van der Waals surface area contributed by atoms with E-state index in [2.05, 4.69) is 11.4 Å². The van der Waals surface area contributed by atoms with Gasteiger partial charge >= 0.3 is 0 Å². The Morgan fingerprint density at radius 2 is 1.95 bits per heavy atom. The predicted molar refractivity (Wildman–Crippen MR) is 86.4 cm³/mol. The van der Waals surface area contributed by atoms with Gasteiger partial charge in [-0.1, -0.05) is 12.1 Å². The number of methoxy groups -OCH3 is 1. The number of aromatic nitrogens is 1. The van der Waals surface area contributed by atoms with Crippen molar-refractivity contribution in [2.24, 2.45) is 5.92 Å². The zero-order chi connectivity index (χ0) is 15.1. The van der Waals surface area contributed by atoms with Gasteiger partial charge in [-0.25, -0.2) is 0 Å². The van der Waals surface area contributed by atoms with Crippen molar-refractivity contribution in [3.63, 3.8) is 0 Å². The van der Waals surface area contributed by atoms with Crippen molar-refractivity contribution in [1.29, 1.82) is 0 Å². The SMILES string of the molecule is COc1ccc(-c2ccc3n(c2=O)C[C@H]2CNC[C@H]3C2)cc1. The summed E-state index contributed by atoms with van der Waals surface area (Å²) in [4.78, 5) is 12.9. The maximum absolute atomic E-state index is 12.9. The molecular weight excluding hydrogens is 276 g/mol. The fraction of sp³-hybridized carbons (Fsp3) is 0.389. The lowest BCUT2D eigenvalue weighted by Gasteiger charge is -2.37. The minimum absolute atomic E-state index is 0.138. The van der Waals surface area contributed by atoms with E-state index < -0.39 is 0 Å². The molecule has 0 spiro atoms. The van der Waals surface area contributed by atoms with Crippen molar-refractivity contribution in [1.82, 2.24) is 9.88 Å². The summed E-state index contributed by atoms with van der Waals surface area (Å²) in [6, 6.07) is 11.8. The Labute approximate surface area is 129 Å². The number of pyridine rings is 1. The average Bonchev–Trinajstić information content (AvgIpc) is 2.56. The van der Waals surface area contributed by atoms with Crippen LogP contribution in [0.1, 0.15) is 18.0 Å². The van der Waals surface area contributed by atoms with Gasteiger partial charge in [-0.05, 0) is 48.7 Å². The summed E-state index contributed by atoms with van der Waals surface area (Å²) in [7, 11) is 1.65. The second-order valence-electron chi connectivity index (χ2n) is 6.27. The molecule has 0 radical (unpaired) electrons. The number of rotatable bonds is 2.